The topological polar surface area (TPSA) is 76.6 Å². The molecule has 1 fully saturated rings. The van der Waals surface area contributed by atoms with Crippen molar-refractivity contribution < 1.29 is 14.7 Å². The summed E-state index contributed by atoms with van der Waals surface area (Å²) < 4.78 is 0. The number of carbonyl (C=O) groups excluding carboxylic acids is 1. The van der Waals surface area contributed by atoms with Crippen molar-refractivity contribution >= 4 is 22.9 Å². The Hall–Kier alpha value is -2.50. The monoisotopic (exact) mass is 315 g/mol. The third-order valence-electron chi connectivity index (χ3n) is 4.69. The third kappa shape index (κ3) is 2.25. The molecule has 2 N–H and O–H groups in total. The number of carbonyl (C=O) groups is 2. The van der Waals surface area contributed by atoms with E-state index in [1.807, 2.05) is 51.2 Å². The Morgan fingerprint density at radius 2 is 2.04 bits per heavy atom. The fraction of sp³-hybridized carbons (Fsp3) is 0.412. The van der Waals surface area contributed by atoms with Crippen LogP contribution in [-0.2, 0) is 11.2 Å². The standard InChI is InChI=1S/C17H21N3O3/c1-4-19-16(23)20(17(19,2)3)14(15(21)22)9-11-10-18-13-8-6-5-7-12(11)13/h5-8,10,14,18H,4,9H2,1-3H3,(H,21,22)/t14-/m0/s1. The Morgan fingerprint density at radius 3 is 2.65 bits per heavy atom. The van der Waals surface area contributed by atoms with Crippen molar-refractivity contribution in [2.75, 3.05) is 6.54 Å². The van der Waals surface area contributed by atoms with E-state index in [1.54, 1.807) is 4.90 Å². The van der Waals surface area contributed by atoms with Crippen molar-refractivity contribution in [2.45, 2.75) is 38.9 Å². The third-order valence-corrected chi connectivity index (χ3v) is 4.69. The van der Waals surface area contributed by atoms with Crippen molar-refractivity contribution in [1.82, 2.24) is 14.8 Å². The molecule has 0 unspecified atom stereocenters. The lowest BCUT2D eigenvalue weighted by molar-refractivity contribution is -0.155. The van der Waals surface area contributed by atoms with Crippen molar-refractivity contribution in [1.29, 1.82) is 0 Å². The molecule has 1 atom stereocenters. The molecule has 122 valence electrons. The van der Waals surface area contributed by atoms with Crippen LogP contribution in [0.1, 0.15) is 26.3 Å². The average molecular weight is 315 g/mol. The van der Waals surface area contributed by atoms with Crippen LogP contribution in [0.5, 0.6) is 0 Å². The Labute approximate surface area is 134 Å². The number of rotatable bonds is 5. The molecule has 0 spiro atoms. The minimum atomic E-state index is -0.979. The summed E-state index contributed by atoms with van der Waals surface area (Å²) in [4.78, 5) is 30.4. The zero-order chi connectivity index (χ0) is 16.8. The predicted molar refractivity (Wildman–Crippen MR) is 87.1 cm³/mol. The first-order valence-electron chi connectivity index (χ1n) is 7.76. The Balaban J connectivity index is 1.92. The number of nitrogens with zero attached hydrogens (tertiary/aromatic N) is 2. The van der Waals surface area contributed by atoms with Crippen LogP contribution in [0.4, 0.5) is 4.79 Å². The summed E-state index contributed by atoms with van der Waals surface area (Å²) >= 11 is 0. The molecule has 1 saturated heterocycles. The highest BCUT2D eigenvalue weighted by Crippen LogP contribution is 2.36. The number of para-hydroxylation sites is 1. The molecule has 2 aromatic rings. The minimum Gasteiger partial charge on any atom is -0.480 e. The number of nitrogens with one attached hydrogen (secondary N) is 1. The van der Waals surface area contributed by atoms with E-state index in [0.29, 0.717) is 6.54 Å². The van der Waals surface area contributed by atoms with Crippen molar-refractivity contribution in [3.05, 3.63) is 36.0 Å². The van der Waals surface area contributed by atoms with E-state index in [-0.39, 0.29) is 12.5 Å². The van der Waals surface area contributed by atoms with E-state index in [1.165, 1.54) is 4.90 Å². The molecular weight excluding hydrogens is 294 g/mol. The van der Waals surface area contributed by atoms with Crippen molar-refractivity contribution in [3.8, 4) is 0 Å². The summed E-state index contributed by atoms with van der Waals surface area (Å²) in [5.74, 6) is -0.979. The van der Waals surface area contributed by atoms with Gasteiger partial charge in [-0.1, -0.05) is 18.2 Å². The molecule has 3 rings (SSSR count). The maximum atomic E-state index is 12.3. The second kappa shape index (κ2) is 5.30. The van der Waals surface area contributed by atoms with Gasteiger partial charge < -0.3 is 15.0 Å². The number of aromatic amines is 1. The van der Waals surface area contributed by atoms with Crippen LogP contribution in [-0.4, -0.2) is 50.1 Å². The van der Waals surface area contributed by atoms with Gasteiger partial charge in [0, 0.05) is 30.1 Å². The lowest BCUT2D eigenvalue weighted by Crippen LogP contribution is -2.77. The van der Waals surface area contributed by atoms with Gasteiger partial charge in [-0.3, -0.25) is 4.90 Å². The van der Waals surface area contributed by atoms with Crippen LogP contribution in [0.2, 0.25) is 0 Å². The zero-order valence-corrected chi connectivity index (χ0v) is 13.5. The first kappa shape index (κ1) is 15.4. The smallest absolute Gasteiger partial charge is 0.326 e. The molecule has 1 aromatic carbocycles. The molecule has 2 heterocycles. The molecule has 1 aliphatic rings. The quantitative estimate of drug-likeness (QED) is 0.890. The van der Waals surface area contributed by atoms with Gasteiger partial charge in [0.2, 0.25) is 0 Å². The summed E-state index contributed by atoms with van der Waals surface area (Å²) in [7, 11) is 0. The van der Waals surface area contributed by atoms with Gasteiger partial charge in [-0.2, -0.15) is 0 Å². The molecule has 2 amide bonds. The van der Waals surface area contributed by atoms with Crippen LogP contribution in [0, 0.1) is 0 Å². The Kier molecular flexibility index (Phi) is 3.55. The van der Waals surface area contributed by atoms with E-state index in [9.17, 15) is 14.7 Å². The van der Waals surface area contributed by atoms with Crippen molar-refractivity contribution in [3.63, 3.8) is 0 Å². The number of hydrogen-bond donors (Lipinski definition) is 2. The van der Waals surface area contributed by atoms with E-state index in [2.05, 4.69) is 4.98 Å². The summed E-state index contributed by atoms with van der Waals surface area (Å²) in [6.07, 6.45) is 2.11. The van der Waals surface area contributed by atoms with E-state index in [0.717, 1.165) is 16.5 Å². The summed E-state index contributed by atoms with van der Waals surface area (Å²) in [5, 5.41) is 10.7. The number of fused-ring (bicyclic) bond motifs is 1. The van der Waals surface area contributed by atoms with Gasteiger partial charge in [0.25, 0.3) is 0 Å². The number of aromatic nitrogens is 1. The lowest BCUT2D eigenvalue weighted by atomic mass is 9.96. The van der Waals surface area contributed by atoms with Crippen LogP contribution in [0.25, 0.3) is 10.9 Å². The van der Waals surface area contributed by atoms with E-state index >= 15 is 0 Å². The normalized spacial score (nSPS) is 18.1. The second-order valence-corrected chi connectivity index (χ2v) is 6.31. The van der Waals surface area contributed by atoms with Crippen molar-refractivity contribution in [2.24, 2.45) is 0 Å². The van der Waals surface area contributed by atoms with Crippen LogP contribution in [0.3, 0.4) is 0 Å². The maximum Gasteiger partial charge on any atom is 0.326 e. The Bertz CT molecular complexity index is 765. The van der Waals surface area contributed by atoms with Gasteiger partial charge in [0.15, 0.2) is 0 Å². The molecule has 0 bridgehead atoms. The minimum absolute atomic E-state index is 0.218. The van der Waals surface area contributed by atoms with Gasteiger partial charge in [-0.05, 0) is 32.4 Å². The average Bonchev–Trinajstić information content (AvgIpc) is 2.90. The van der Waals surface area contributed by atoms with Crippen LogP contribution >= 0.6 is 0 Å². The number of carboxylic acid groups (broad SMARTS) is 1. The van der Waals surface area contributed by atoms with Crippen LogP contribution in [0.15, 0.2) is 30.5 Å². The number of amides is 2. The van der Waals surface area contributed by atoms with Gasteiger partial charge in [0.05, 0.1) is 0 Å². The SMILES string of the molecule is CCN1C(=O)N([C@@H](Cc2c[nH]c3ccccc23)C(=O)O)C1(C)C. The number of carboxylic acids is 1. The first-order valence-corrected chi connectivity index (χ1v) is 7.76. The summed E-state index contributed by atoms with van der Waals surface area (Å²) in [6.45, 7) is 6.22. The number of aliphatic carboxylic acids is 1. The van der Waals surface area contributed by atoms with Gasteiger partial charge in [0.1, 0.15) is 11.7 Å². The molecule has 6 heteroatoms. The lowest BCUT2D eigenvalue weighted by Gasteiger charge is -2.58. The van der Waals surface area contributed by atoms with E-state index in [4.69, 9.17) is 0 Å². The predicted octanol–water partition coefficient (Wildman–Crippen LogP) is 2.66. The zero-order valence-electron chi connectivity index (χ0n) is 13.5. The molecule has 0 aliphatic carbocycles. The second-order valence-electron chi connectivity index (χ2n) is 6.31. The van der Waals surface area contributed by atoms with E-state index < -0.39 is 17.7 Å². The molecule has 1 aliphatic heterocycles. The summed E-state index contributed by atoms with van der Waals surface area (Å²) in [6, 6.07) is 6.67. The highest BCUT2D eigenvalue weighted by molar-refractivity contribution is 5.89. The van der Waals surface area contributed by atoms with Crippen LogP contribution < -0.4 is 0 Å². The first-order chi connectivity index (χ1) is 10.9. The highest BCUT2D eigenvalue weighted by Gasteiger charge is 2.54. The number of benzene rings is 1. The fourth-order valence-electron chi connectivity index (χ4n) is 3.52. The molecule has 0 radical (unpaired) electrons. The highest BCUT2D eigenvalue weighted by atomic mass is 16.4. The number of hydrogen-bond acceptors (Lipinski definition) is 2. The van der Waals surface area contributed by atoms with Gasteiger partial charge in [-0.15, -0.1) is 0 Å². The van der Waals surface area contributed by atoms with Gasteiger partial charge >= 0.3 is 12.0 Å². The summed E-state index contributed by atoms with van der Waals surface area (Å²) in [5.41, 5.74) is 1.30. The number of urea groups is 1. The molecule has 6 nitrogen and oxygen atoms in total. The Morgan fingerprint density at radius 1 is 1.35 bits per heavy atom. The molecular formula is C17H21N3O3. The maximum absolute atomic E-state index is 12.3. The van der Waals surface area contributed by atoms with Gasteiger partial charge in [-0.25, -0.2) is 9.59 Å². The molecule has 0 saturated carbocycles. The largest absolute Gasteiger partial charge is 0.480 e. The number of H-pyrrole nitrogens is 1. The molecule has 1 aromatic heterocycles. The fourth-order valence-corrected chi connectivity index (χ4v) is 3.52. The molecule has 23 heavy (non-hydrogen) atoms.